The molecule has 152 valence electrons. The minimum absolute atomic E-state index is 0.0866. The van der Waals surface area contributed by atoms with Gasteiger partial charge in [0.25, 0.3) is 0 Å². The van der Waals surface area contributed by atoms with E-state index in [2.05, 4.69) is 0 Å². The molecule has 0 heterocycles. The predicted molar refractivity (Wildman–Crippen MR) is 104 cm³/mol. The summed E-state index contributed by atoms with van der Waals surface area (Å²) < 4.78 is 29.4. The Kier molecular flexibility index (Phi) is 9.69. The molecule has 0 radical (unpaired) electrons. The van der Waals surface area contributed by atoms with E-state index < -0.39 is 22.0 Å². The molecule has 0 aliphatic heterocycles. The van der Waals surface area contributed by atoms with E-state index in [0.717, 1.165) is 0 Å². The maximum atomic E-state index is 12.3. The number of carbonyl (C=O) groups is 1. The summed E-state index contributed by atoms with van der Waals surface area (Å²) in [6.07, 6.45) is 0.643. The average Bonchev–Trinajstić information content (AvgIpc) is 2.65. The fourth-order valence-corrected chi connectivity index (χ4v) is 3.75. The molecule has 0 fully saturated rings. The van der Waals surface area contributed by atoms with E-state index in [1.165, 1.54) is 18.2 Å². The van der Waals surface area contributed by atoms with Gasteiger partial charge in [0.2, 0.25) is 0 Å². The van der Waals surface area contributed by atoms with Crippen LogP contribution in [0.25, 0.3) is 0 Å². The van der Waals surface area contributed by atoms with Gasteiger partial charge >= 0.3 is 5.97 Å². The first-order chi connectivity index (χ1) is 12.7. The molecule has 7 heteroatoms. The summed E-state index contributed by atoms with van der Waals surface area (Å²) in [4.78, 5) is 11.8. The fourth-order valence-electron chi connectivity index (χ4n) is 2.51. The maximum Gasteiger partial charge on any atom is 0.308 e. The highest BCUT2D eigenvalue weighted by molar-refractivity contribution is 7.91. The van der Waals surface area contributed by atoms with E-state index in [1.54, 1.807) is 39.0 Å². The van der Waals surface area contributed by atoms with Crippen LogP contribution in [0.5, 0.6) is 0 Å². The monoisotopic (exact) mass is 398 g/mol. The lowest BCUT2D eigenvalue weighted by molar-refractivity contribution is -0.147. The van der Waals surface area contributed by atoms with Crippen LogP contribution in [0.15, 0.2) is 46.9 Å². The van der Waals surface area contributed by atoms with E-state index in [-0.39, 0.29) is 29.0 Å². The number of aliphatic hydroxyl groups is 2. The van der Waals surface area contributed by atoms with Crippen molar-refractivity contribution in [3.05, 3.63) is 42.0 Å². The van der Waals surface area contributed by atoms with E-state index in [1.807, 2.05) is 0 Å². The van der Waals surface area contributed by atoms with Gasteiger partial charge in [0.05, 0.1) is 35.4 Å². The average molecular weight is 399 g/mol. The number of aliphatic hydroxyl groups excluding tert-OH is 2. The third-order valence-corrected chi connectivity index (χ3v) is 5.97. The van der Waals surface area contributed by atoms with Gasteiger partial charge in [-0.25, -0.2) is 8.42 Å². The predicted octanol–water partition coefficient (Wildman–Crippen LogP) is 2.50. The third-order valence-electron chi connectivity index (χ3n) is 4.37. The van der Waals surface area contributed by atoms with Gasteiger partial charge in [-0.05, 0) is 44.4 Å². The Morgan fingerprint density at radius 3 is 2.41 bits per heavy atom. The van der Waals surface area contributed by atoms with Crippen LogP contribution >= 0.6 is 0 Å². The summed E-state index contributed by atoms with van der Waals surface area (Å²) in [5.74, 6) is -0.826. The molecule has 0 saturated carbocycles. The quantitative estimate of drug-likeness (QED) is 0.439. The van der Waals surface area contributed by atoms with Crippen molar-refractivity contribution in [2.24, 2.45) is 5.92 Å². The summed E-state index contributed by atoms with van der Waals surface area (Å²) in [5, 5.41) is 20.3. The largest absolute Gasteiger partial charge is 0.466 e. The number of hydrogen-bond donors (Lipinski definition) is 2. The second kappa shape index (κ2) is 11.2. The molecule has 27 heavy (non-hydrogen) atoms. The van der Waals surface area contributed by atoms with Crippen LogP contribution in [0.3, 0.4) is 0 Å². The first-order valence-corrected chi connectivity index (χ1v) is 10.8. The molecule has 0 aromatic heterocycles. The number of benzene rings is 1. The molecule has 0 unspecified atom stereocenters. The summed E-state index contributed by atoms with van der Waals surface area (Å²) in [6, 6.07) is 8.12. The molecule has 0 aliphatic carbocycles. The van der Waals surface area contributed by atoms with Crippen molar-refractivity contribution >= 4 is 15.8 Å². The zero-order valence-corrected chi connectivity index (χ0v) is 17.0. The number of ether oxygens (including phenoxy) is 1. The van der Waals surface area contributed by atoms with Crippen LogP contribution in [0.2, 0.25) is 0 Å². The van der Waals surface area contributed by atoms with Crippen molar-refractivity contribution in [2.45, 2.75) is 57.1 Å². The Bertz CT molecular complexity index is 711. The molecule has 6 nitrogen and oxygen atoms in total. The molecule has 1 rings (SSSR count). The minimum atomic E-state index is -3.46. The molecule has 0 aliphatic rings. The highest BCUT2D eigenvalue weighted by Gasteiger charge is 2.19. The first kappa shape index (κ1) is 23.3. The van der Waals surface area contributed by atoms with Gasteiger partial charge < -0.3 is 14.9 Å². The minimum Gasteiger partial charge on any atom is -0.466 e. The molecule has 0 spiro atoms. The molecular formula is C20H30O6S. The van der Waals surface area contributed by atoms with Gasteiger partial charge in [0.15, 0.2) is 9.84 Å². The van der Waals surface area contributed by atoms with E-state index >= 15 is 0 Å². The Labute approximate surface area is 161 Å². The lowest BCUT2D eigenvalue weighted by Gasteiger charge is -2.18. The van der Waals surface area contributed by atoms with Gasteiger partial charge in [-0.2, -0.15) is 0 Å². The maximum absolute atomic E-state index is 12.3. The van der Waals surface area contributed by atoms with Gasteiger partial charge in [0.1, 0.15) is 0 Å². The summed E-state index contributed by atoms with van der Waals surface area (Å²) in [5.41, 5.74) is 0.493. The summed E-state index contributed by atoms with van der Waals surface area (Å²) >= 11 is 0. The number of hydrogen-bond acceptors (Lipinski definition) is 6. The van der Waals surface area contributed by atoms with Crippen LogP contribution in [0.4, 0.5) is 0 Å². The molecular weight excluding hydrogens is 368 g/mol. The van der Waals surface area contributed by atoms with E-state index in [9.17, 15) is 23.4 Å². The van der Waals surface area contributed by atoms with E-state index in [4.69, 9.17) is 4.74 Å². The van der Waals surface area contributed by atoms with Crippen molar-refractivity contribution < 1.29 is 28.2 Å². The van der Waals surface area contributed by atoms with Gasteiger partial charge in [-0.15, -0.1) is 0 Å². The van der Waals surface area contributed by atoms with Crippen molar-refractivity contribution in [2.75, 3.05) is 12.4 Å². The first-order valence-electron chi connectivity index (χ1n) is 9.14. The number of rotatable bonds is 11. The van der Waals surface area contributed by atoms with Crippen molar-refractivity contribution in [3.8, 4) is 0 Å². The van der Waals surface area contributed by atoms with E-state index in [0.29, 0.717) is 25.0 Å². The summed E-state index contributed by atoms with van der Waals surface area (Å²) in [7, 11) is -3.46. The Hall–Kier alpha value is -1.70. The lowest BCUT2D eigenvalue weighted by atomic mass is 9.98. The summed E-state index contributed by atoms with van der Waals surface area (Å²) in [6.45, 7) is 5.43. The Morgan fingerprint density at radius 2 is 1.81 bits per heavy atom. The second-order valence-electron chi connectivity index (χ2n) is 6.68. The Balaban J connectivity index is 2.52. The molecule has 1 aromatic rings. The number of carbonyl (C=O) groups excluding carboxylic acids is 1. The van der Waals surface area contributed by atoms with Crippen LogP contribution in [0, 0.1) is 5.92 Å². The Morgan fingerprint density at radius 1 is 1.19 bits per heavy atom. The normalized spacial score (nSPS) is 15.8. The lowest BCUT2D eigenvalue weighted by Crippen LogP contribution is -2.22. The standard InChI is InChI=1S/C20H30O6S/c1-4-26-20(23)16(3)10-11-17(21)14-19(22)15(2)12-13-27(24,25)18-8-6-5-7-9-18/h5-9,12,16-17,19,21-22H,4,10-11,13-14H2,1-3H3/b15-12+/t16-,17+,19+/m1/s1. The third kappa shape index (κ3) is 8.24. The van der Waals surface area contributed by atoms with Gasteiger partial charge in [-0.3, -0.25) is 4.79 Å². The van der Waals surface area contributed by atoms with Crippen molar-refractivity contribution in [1.82, 2.24) is 0 Å². The molecule has 1 aromatic carbocycles. The smallest absolute Gasteiger partial charge is 0.308 e. The fraction of sp³-hybridized carbons (Fsp3) is 0.550. The zero-order chi connectivity index (χ0) is 20.4. The number of esters is 1. The van der Waals surface area contributed by atoms with Gasteiger partial charge in [-0.1, -0.05) is 31.2 Å². The molecule has 3 atom stereocenters. The van der Waals surface area contributed by atoms with Crippen LogP contribution in [0.1, 0.15) is 40.0 Å². The zero-order valence-electron chi connectivity index (χ0n) is 16.2. The topological polar surface area (TPSA) is 101 Å². The van der Waals surface area contributed by atoms with Crippen LogP contribution in [-0.2, 0) is 19.4 Å². The van der Waals surface area contributed by atoms with Crippen LogP contribution < -0.4 is 0 Å². The van der Waals surface area contributed by atoms with Crippen molar-refractivity contribution in [1.29, 1.82) is 0 Å². The number of sulfone groups is 1. The molecule has 0 saturated heterocycles. The molecule has 0 amide bonds. The highest BCUT2D eigenvalue weighted by Crippen LogP contribution is 2.17. The highest BCUT2D eigenvalue weighted by atomic mass is 32.2. The molecule has 0 bridgehead atoms. The SMILES string of the molecule is CCOC(=O)[C@H](C)CC[C@H](O)C[C@H](O)/C(C)=C/CS(=O)(=O)c1ccccc1. The van der Waals surface area contributed by atoms with Gasteiger partial charge in [0, 0.05) is 6.42 Å². The van der Waals surface area contributed by atoms with Crippen molar-refractivity contribution in [3.63, 3.8) is 0 Å². The second-order valence-corrected chi connectivity index (χ2v) is 8.71. The molecule has 2 N–H and O–H groups in total. The van der Waals surface area contributed by atoms with Crippen LogP contribution in [-0.4, -0.2) is 49.2 Å².